The molecule has 0 radical (unpaired) electrons. The summed E-state index contributed by atoms with van der Waals surface area (Å²) >= 11 is 0. The van der Waals surface area contributed by atoms with Crippen molar-refractivity contribution < 1.29 is 8.63 Å². The average Bonchev–Trinajstić information content (AvgIpc) is 2.23. The van der Waals surface area contributed by atoms with Gasteiger partial charge in [-0.05, 0) is 6.07 Å². The van der Waals surface area contributed by atoms with Crippen LogP contribution in [-0.4, -0.2) is 18.0 Å². The Morgan fingerprint density at radius 3 is 2.62 bits per heavy atom. The molecule has 1 aliphatic heterocycles. The second-order valence-corrected chi connectivity index (χ2v) is 3.47. The van der Waals surface area contributed by atoms with Crippen molar-refractivity contribution in [1.29, 1.82) is 0 Å². The Balaban J connectivity index is 2.40. The topological polar surface area (TPSA) is 21.5 Å². The molecule has 0 N–H and O–H groups in total. The average molecular weight is 218 g/mol. The van der Waals surface area contributed by atoms with Crippen LogP contribution in [0.25, 0.3) is 0 Å². The molecule has 4 heteroatoms. The summed E-state index contributed by atoms with van der Waals surface area (Å²) in [6.07, 6.45) is 4.99. The van der Waals surface area contributed by atoms with Crippen molar-refractivity contribution in [1.82, 2.24) is 4.90 Å². The molecule has 0 aliphatic carbocycles. The first-order chi connectivity index (χ1) is 7.76. The summed E-state index contributed by atoms with van der Waals surface area (Å²) in [5.74, 6) is 0.461. The Kier molecular flexibility index (Phi) is 2.81. The third-order valence-electron chi connectivity index (χ3n) is 2.30. The maximum absolute atomic E-state index is 13.1. The normalized spacial score (nSPS) is 12.2. The van der Waals surface area contributed by atoms with E-state index in [-0.39, 0.29) is 5.82 Å². The van der Waals surface area contributed by atoms with E-state index in [9.17, 15) is 4.39 Å². The van der Waals surface area contributed by atoms with E-state index >= 15 is 0 Å². The van der Waals surface area contributed by atoms with E-state index in [0.29, 0.717) is 13.1 Å². The smallest absolute Gasteiger partial charge is 0.274 e. The van der Waals surface area contributed by atoms with Crippen molar-refractivity contribution >= 4 is 0 Å². The maximum Gasteiger partial charge on any atom is 0.358 e. The lowest BCUT2D eigenvalue weighted by molar-refractivity contribution is -0.579. The van der Waals surface area contributed by atoms with Crippen LogP contribution in [0.15, 0.2) is 48.6 Å². The number of aromatic nitrogens is 1. The van der Waals surface area contributed by atoms with Gasteiger partial charge in [-0.15, -0.1) is 13.2 Å². The van der Waals surface area contributed by atoms with E-state index in [1.807, 2.05) is 4.90 Å². The molecule has 1 aromatic rings. The number of hydrogen-bond acceptors (Lipinski definition) is 2. The van der Waals surface area contributed by atoms with Gasteiger partial charge in [0.1, 0.15) is 0 Å². The summed E-state index contributed by atoms with van der Waals surface area (Å²) in [6, 6.07) is 3.05. The van der Waals surface area contributed by atoms with Gasteiger partial charge in [0, 0.05) is 6.07 Å². The van der Waals surface area contributed by atoms with Gasteiger partial charge in [-0.3, -0.25) is 4.90 Å². The lowest BCUT2D eigenvalue weighted by Gasteiger charge is -2.17. The van der Waals surface area contributed by atoms with E-state index in [4.69, 9.17) is 0 Å². The van der Waals surface area contributed by atoms with Crippen LogP contribution in [0.1, 0.15) is 0 Å². The second kappa shape index (κ2) is 4.26. The fourth-order valence-electron chi connectivity index (χ4n) is 1.60. The number of halogens is 1. The SMILES string of the molecule is C=CCN(CC=C)C1=[n+]2cc(F)ccc2=N1. The van der Waals surface area contributed by atoms with Gasteiger partial charge in [0.05, 0.1) is 19.3 Å². The second-order valence-electron chi connectivity index (χ2n) is 3.47. The Hall–Kier alpha value is -1.97. The molecule has 1 aliphatic rings. The molecule has 16 heavy (non-hydrogen) atoms. The molecule has 0 amide bonds. The zero-order valence-electron chi connectivity index (χ0n) is 8.93. The predicted octanol–water partition coefficient (Wildman–Crippen LogP) is 0.715. The summed E-state index contributed by atoms with van der Waals surface area (Å²) in [5, 5.41) is 0. The first-order valence-electron chi connectivity index (χ1n) is 5.03. The van der Waals surface area contributed by atoms with Gasteiger partial charge >= 0.3 is 5.96 Å². The summed E-state index contributed by atoms with van der Waals surface area (Å²) in [7, 11) is 0. The minimum absolute atomic E-state index is 0.270. The first-order valence-corrected chi connectivity index (χ1v) is 5.03. The zero-order chi connectivity index (χ0) is 11.5. The van der Waals surface area contributed by atoms with Crippen LogP contribution in [0.3, 0.4) is 0 Å². The highest BCUT2D eigenvalue weighted by atomic mass is 19.1. The molecule has 0 bridgehead atoms. The molecule has 0 atom stereocenters. The molecule has 0 spiro atoms. The third kappa shape index (κ3) is 1.74. The summed E-state index contributed by atoms with van der Waals surface area (Å²) in [4.78, 5) is 6.27. The quantitative estimate of drug-likeness (QED) is 0.527. The van der Waals surface area contributed by atoms with Crippen LogP contribution < -0.4 is 9.73 Å². The lowest BCUT2D eigenvalue weighted by Crippen LogP contribution is -2.53. The van der Waals surface area contributed by atoms with Crippen molar-refractivity contribution in [3.05, 3.63) is 60.9 Å². The number of rotatable bonds is 5. The molecule has 1 aromatic heterocycles. The third-order valence-corrected chi connectivity index (χ3v) is 2.30. The van der Waals surface area contributed by atoms with Gasteiger partial charge < -0.3 is 0 Å². The summed E-state index contributed by atoms with van der Waals surface area (Å²) in [5.41, 5.74) is 0.759. The van der Waals surface area contributed by atoms with E-state index in [1.165, 1.54) is 12.3 Å². The van der Waals surface area contributed by atoms with Crippen LogP contribution >= 0.6 is 0 Å². The molecular formula is C12H13FN3+. The van der Waals surface area contributed by atoms with Gasteiger partial charge in [-0.1, -0.05) is 17.1 Å². The molecule has 0 saturated carbocycles. The van der Waals surface area contributed by atoms with E-state index < -0.39 is 0 Å². The van der Waals surface area contributed by atoms with Crippen LogP contribution in [-0.2, 0) is 0 Å². The molecule has 0 aromatic carbocycles. The highest BCUT2D eigenvalue weighted by Crippen LogP contribution is 2.02. The van der Waals surface area contributed by atoms with Gasteiger partial charge in [0.2, 0.25) is 5.49 Å². The zero-order valence-corrected chi connectivity index (χ0v) is 8.93. The molecule has 0 saturated heterocycles. The summed E-state index contributed by atoms with van der Waals surface area (Å²) < 4.78 is 14.8. The number of pyridine rings is 1. The van der Waals surface area contributed by atoms with Crippen LogP contribution in [0, 0.1) is 11.8 Å². The molecule has 0 fully saturated rings. The number of nitrogens with zero attached hydrogens (tertiary/aromatic N) is 3. The van der Waals surface area contributed by atoms with Crippen molar-refractivity contribution in [2.45, 2.75) is 0 Å². The van der Waals surface area contributed by atoms with Crippen LogP contribution in [0.4, 0.5) is 4.39 Å². The Labute approximate surface area is 93.2 Å². The standard InChI is InChI=1S/C12H13FN3/c1-3-7-15(8-4-2)12-14-11-6-5-10(13)9-16(11)12/h3-6,9H,1-2,7-8H2/q+1. The molecule has 82 valence electrons. The summed E-state index contributed by atoms with van der Waals surface area (Å²) in [6.45, 7) is 8.69. The minimum Gasteiger partial charge on any atom is -0.274 e. The maximum atomic E-state index is 13.1. The highest BCUT2D eigenvalue weighted by molar-refractivity contribution is 4.94. The monoisotopic (exact) mass is 218 g/mol. The lowest BCUT2D eigenvalue weighted by atomic mass is 10.4. The largest absolute Gasteiger partial charge is 0.358 e. The van der Waals surface area contributed by atoms with Crippen molar-refractivity contribution in [2.75, 3.05) is 13.1 Å². The van der Waals surface area contributed by atoms with Crippen molar-refractivity contribution in [3.63, 3.8) is 0 Å². The van der Waals surface area contributed by atoms with E-state index in [1.54, 1.807) is 22.5 Å². The molecule has 2 heterocycles. The Morgan fingerprint density at radius 1 is 1.31 bits per heavy atom. The molecule has 2 rings (SSSR count). The van der Waals surface area contributed by atoms with Crippen LogP contribution in [0.2, 0.25) is 0 Å². The van der Waals surface area contributed by atoms with Gasteiger partial charge in [0.15, 0.2) is 5.82 Å². The van der Waals surface area contributed by atoms with Gasteiger partial charge in [-0.2, -0.15) is 4.24 Å². The predicted molar refractivity (Wildman–Crippen MR) is 58.4 cm³/mol. The first kappa shape index (κ1) is 10.5. The fourth-order valence-corrected chi connectivity index (χ4v) is 1.60. The fraction of sp³-hybridized carbons (Fsp3) is 0.167. The Morgan fingerprint density at radius 2 is 2.00 bits per heavy atom. The molecule has 3 nitrogen and oxygen atoms in total. The van der Waals surface area contributed by atoms with E-state index in [0.717, 1.165) is 11.4 Å². The minimum atomic E-state index is -0.270. The Bertz CT molecular complexity index is 538. The van der Waals surface area contributed by atoms with Gasteiger partial charge in [-0.25, -0.2) is 4.39 Å². The van der Waals surface area contributed by atoms with Crippen molar-refractivity contribution in [2.24, 2.45) is 4.99 Å². The molecule has 0 unspecified atom stereocenters. The highest BCUT2D eigenvalue weighted by Gasteiger charge is 2.22. The van der Waals surface area contributed by atoms with Gasteiger partial charge in [0.25, 0.3) is 0 Å². The van der Waals surface area contributed by atoms with Crippen molar-refractivity contribution in [3.8, 4) is 0 Å². The number of hydrogen-bond donors (Lipinski definition) is 0. The number of fused-ring (bicyclic) bond motifs is 1. The van der Waals surface area contributed by atoms with Crippen LogP contribution in [0.5, 0.6) is 0 Å². The molecular weight excluding hydrogens is 205 g/mol. The van der Waals surface area contributed by atoms with E-state index in [2.05, 4.69) is 18.2 Å².